The number of carbonyl (C=O) groups is 1. The quantitative estimate of drug-likeness (QED) is 0.484. The highest BCUT2D eigenvalue weighted by Crippen LogP contribution is 2.26. The van der Waals surface area contributed by atoms with Crippen molar-refractivity contribution in [3.05, 3.63) is 75.0 Å². The average molecular weight is 406 g/mol. The summed E-state index contributed by atoms with van der Waals surface area (Å²) in [6.45, 7) is 6.62. The van der Waals surface area contributed by atoms with Crippen LogP contribution in [-0.4, -0.2) is 15.5 Å². The molecule has 2 heterocycles. The summed E-state index contributed by atoms with van der Waals surface area (Å²) in [5, 5.41) is 4.87. The van der Waals surface area contributed by atoms with Crippen molar-refractivity contribution in [3.8, 4) is 5.75 Å². The van der Waals surface area contributed by atoms with Gasteiger partial charge in [0.05, 0.1) is 15.9 Å². The van der Waals surface area contributed by atoms with Crippen molar-refractivity contribution in [1.82, 2.24) is 9.55 Å². The fraction of sp³-hybridized carbons (Fsp3) is 0.217. The molecule has 0 aliphatic carbocycles. The van der Waals surface area contributed by atoms with Crippen LogP contribution in [0.15, 0.2) is 47.8 Å². The number of hydrogen-bond acceptors (Lipinski definition) is 4. The number of aromatic nitrogens is 2. The Kier molecular flexibility index (Phi) is 5.11. The molecule has 148 valence electrons. The first-order valence-corrected chi connectivity index (χ1v) is 10.3. The van der Waals surface area contributed by atoms with Crippen molar-refractivity contribution >= 4 is 34.2 Å². The smallest absolute Gasteiger partial charge is 0.268 e. The van der Waals surface area contributed by atoms with Gasteiger partial charge >= 0.3 is 0 Å². The van der Waals surface area contributed by atoms with Crippen LogP contribution < -0.4 is 10.1 Å². The van der Waals surface area contributed by atoms with E-state index in [9.17, 15) is 4.79 Å². The fourth-order valence-corrected chi connectivity index (χ4v) is 4.33. The van der Waals surface area contributed by atoms with Crippen LogP contribution in [0.25, 0.3) is 11.0 Å². The van der Waals surface area contributed by atoms with E-state index in [2.05, 4.69) is 43.2 Å². The molecule has 4 rings (SSSR count). The second kappa shape index (κ2) is 7.72. The number of thiophene rings is 1. The number of fused-ring (bicyclic) bond motifs is 1. The lowest BCUT2D eigenvalue weighted by Gasteiger charge is -2.12. The minimum Gasteiger partial charge on any atom is -0.488 e. The number of ether oxygens (including phenoxy) is 1. The van der Waals surface area contributed by atoms with Gasteiger partial charge < -0.3 is 9.30 Å². The first kappa shape index (κ1) is 19.2. The molecule has 0 fully saturated rings. The number of hydrogen-bond donors (Lipinski definition) is 1. The molecule has 4 aromatic rings. The molecule has 0 unspecified atom stereocenters. The van der Waals surface area contributed by atoms with Crippen LogP contribution >= 0.6 is 11.3 Å². The average Bonchev–Trinajstić information content (AvgIpc) is 3.27. The lowest BCUT2D eigenvalue weighted by molar-refractivity contribution is 0.102. The standard InChI is InChI=1S/C23H23N3O2S/c1-14-9-15(2)21(16(3)10-14)28-12-17-11-20(29-13-17)22(27)25-23-24-18-7-5-6-8-19(18)26(23)4/h5-11,13H,12H2,1-4H3,(H,24,25,27). The van der Waals surface area contributed by atoms with Gasteiger partial charge in [-0.05, 0) is 55.5 Å². The molecule has 1 amide bonds. The number of nitrogens with zero attached hydrogens (tertiary/aromatic N) is 2. The Morgan fingerprint density at radius 1 is 1.14 bits per heavy atom. The second-order valence-electron chi connectivity index (χ2n) is 7.27. The van der Waals surface area contributed by atoms with Crippen LogP contribution in [0.5, 0.6) is 5.75 Å². The van der Waals surface area contributed by atoms with Crippen LogP contribution in [0.3, 0.4) is 0 Å². The monoisotopic (exact) mass is 405 g/mol. The van der Waals surface area contributed by atoms with E-state index in [1.165, 1.54) is 16.9 Å². The van der Waals surface area contributed by atoms with Gasteiger partial charge in [0.1, 0.15) is 12.4 Å². The third-order valence-corrected chi connectivity index (χ3v) is 5.86. The van der Waals surface area contributed by atoms with Crippen LogP contribution in [0, 0.1) is 20.8 Å². The van der Waals surface area contributed by atoms with Crippen LogP contribution in [0.4, 0.5) is 5.95 Å². The van der Waals surface area contributed by atoms with Crippen LogP contribution in [-0.2, 0) is 13.7 Å². The van der Waals surface area contributed by atoms with Crippen LogP contribution in [0.1, 0.15) is 31.9 Å². The summed E-state index contributed by atoms with van der Waals surface area (Å²) in [6.07, 6.45) is 0. The molecular weight excluding hydrogens is 382 g/mol. The Morgan fingerprint density at radius 3 is 2.59 bits per heavy atom. The highest BCUT2D eigenvalue weighted by atomic mass is 32.1. The molecule has 6 heteroatoms. The molecule has 0 saturated carbocycles. The zero-order valence-corrected chi connectivity index (χ0v) is 17.8. The van der Waals surface area contributed by atoms with Gasteiger partial charge in [-0.15, -0.1) is 11.3 Å². The van der Waals surface area contributed by atoms with E-state index in [-0.39, 0.29) is 5.91 Å². The van der Waals surface area contributed by atoms with Crippen molar-refractivity contribution in [3.63, 3.8) is 0 Å². The fourth-order valence-electron chi connectivity index (χ4n) is 3.54. The van der Waals surface area contributed by atoms with Gasteiger partial charge in [0.2, 0.25) is 5.95 Å². The number of rotatable bonds is 5. The summed E-state index contributed by atoms with van der Waals surface area (Å²) in [4.78, 5) is 17.8. The predicted molar refractivity (Wildman–Crippen MR) is 118 cm³/mol. The van der Waals surface area contributed by atoms with E-state index >= 15 is 0 Å². The van der Waals surface area contributed by atoms with E-state index in [1.54, 1.807) is 0 Å². The van der Waals surface area contributed by atoms with E-state index in [0.717, 1.165) is 33.5 Å². The second-order valence-corrected chi connectivity index (χ2v) is 8.18. The van der Waals surface area contributed by atoms with Gasteiger partial charge in [-0.2, -0.15) is 0 Å². The lowest BCUT2D eigenvalue weighted by Crippen LogP contribution is -2.13. The highest BCUT2D eigenvalue weighted by molar-refractivity contribution is 7.12. The minimum absolute atomic E-state index is 0.164. The number of aryl methyl sites for hydroxylation is 4. The summed E-state index contributed by atoms with van der Waals surface area (Å²) >= 11 is 1.41. The zero-order valence-electron chi connectivity index (χ0n) is 16.9. The molecule has 2 aromatic carbocycles. The van der Waals surface area contributed by atoms with E-state index in [1.807, 2.05) is 47.3 Å². The molecule has 0 aliphatic rings. The van der Waals surface area contributed by atoms with E-state index in [4.69, 9.17) is 4.74 Å². The van der Waals surface area contributed by atoms with Gasteiger partial charge in [0.25, 0.3) is 5.91 Å². The Labute approximate surface area is 174 Å². The third-order valence-electron chi connectivity index (χ3n) is 4.88. The minimum atomic E-state index is -0.164. The van der Waals surface area contributed by atoms with Gasteiger partial charge in [0.15, 0.2) is 0 Å². The molecule has 0 spiro atoms. The van der Waals surface area contributed by atoms with Gasteiger partial charge in [-0.3, -0.25) is 10.1 Å². The molecule has 29 heavy (non-hydrogen) atoms. The molecule has 1 N–H and O–H groups in total. The number of carbonyl (C=O) groups excluding carboxylic acids is 1. The van der Waals surface area contributed by atoms with E-state index < -0.39 is 0 Å². The molecule has 0 bridgehead atoms. The molecule has 2 aromatic heterocycles. The van der Waals surface area contributed by atoms with Crippen molar-refractivity contribution in [1.29, 1.82) is 0 Å². The van der Waals surface area contributed by atoms with Gasteiger partial charge in [-0.1, -0.05) is 29.8 Å². The number of nitrogens with one attached hydrogen (secondary N) is 1. The summed E-state index contributed by atoms with van der Waals surface area (Å²) in [6, 6.07) is 13.9. The number of amides is 1. The molecular formula is C23H23N3O2S. The highest BCUT2D eigenvalue weighted by Gasteiger charge is 2.14. The largest absolute Gasteiger partial charge is 0.488 e. The number of anilines is 1. The Hall–Kier alpha value is -3.12. The predicted octanol–water partition coefficient (Wildman–Crippen LogP) is 5.39. The maximum atomic E-state index is 12.7. The molecule has 0 radical (unpaired) electrons. The maximum Gasteiger partial charge on any atom is 0.268 e. The molecule has 0 aliphatic heterocycles. The topological polar surface area (TPSA) is 56.1 Å². The Balaban J connectivity index is 1.46. The van der Waals surface area contributed by atoms with Crippen molar-refractivity contribution in [2.45, 2.75) is 27.4 Å². The number of imidazole rings is 1. The summed E-state index contributed by atoms with van der Waals surface area (Å²) in [7, 11) is 1.89. The Bertz CT molecular complexity index is 1180. The van der Waals surface area contributed by atoms with Gasteiger partial charge in [-0.25, -0.2) is 4.98 Å². The summed E-state index contributed by atoms with van der Waals surface area (Å²) in [5.41, 5.74) is 6.28. The first-order valence-electron chi connectivity index (χ1n) is 9.43. The van der Waals surface area contributed by atoms with Gasteiger partial charge in [0, 0.05) is 12.6 Å². The number of benzene rings is 2. The third kappa shape index (κ3) is 3.89. The van der Waals surface area contributed by atoms with Crippen molar-refractivity contribution in [2.24, 2.45) is 7.05 Å². The normalized spacial score (nSPS) is 11.0. The lowest BCUT2D eigenvalue weighted by atomic mass is 10.1. The molecule has 5 nitrogen and oxygen atoms in total. The summed E-state index contributed by atoms with van der Waals surface area (Å²) in [5.74, 6) is 1.28. The first-order chi connectivity index (χ1) is 13.9. The summed E-state index contributed by atoms with van der Waals surface area (Å²) < 4.78 is 7.92. The zero-order chi connectivity index (χ0) is 20.5. The number of para-hydroxylation sites is 2. The van der Waals surface area contributed by atoms with Crippen molar-refractivity contribution in [2.75, 3.05) is 5.32 Å². The molecule has 0 atom stereocenters. The SMILES string of the molecule is Cc1cc(C)c(OCc2csc(C(=O)Nc3nc4ccccc4n3C)c2)c(C)c1. The molecule has 0 saturated heterocycles. The van der Waals surface area contributed by atoms with E-state index in [0.29, 0.717) is 17.4 Å². The van der Waals surface area contributed by atoms with Crippen molar-refractivity contribution < 1.29 is 9.53 Å². The Morgan fingerprint density at radius 2 is 1.86 bits per heavy atom. The van der Waals surface area contributed by atoms with Crippen LogP contribution in [0.2, 0.25) is 0 Å². The maximum absolute atomic E-state index is 12.7.